The highest BCUT2D eigenvalue weighted by Crippen LogP contribution is 2.34. The quantitative estimate of drug-likeness (QED) is 0.868. The van der Waals surface area contributed by atoms with E-state index >= 15 is 0 Å². The van der Waals surface area contributed by atoms with Crippen molar-refractivity contribution in [2.45, 2.75) is 58.4 Å². The Bertz CT molecular complexity index is 640. The Balaban J connectivity index is 2.22. The van der Waals surface area contributed by atoms with E-state index in [9.17, 15) is 14.7 Å². The van der Waals surface area contributed by atoms with Gasteiger partial charge in [0.2, 0.25) is 5.91 Å². The molecule has 2 N–H and O–H groups in total. The third-order valence-corrected chi connectivity index (χ3v) is 5.18. The lowest BCUT2D eigenvalue weighted by molar-refractivity contribution is -0.151. The SMILES string of the molecule is COc1cc(C)cc(C)c1CC(=O)NC1(C(=O)O)CCCCC1C. The molecule has 1 fully saturated rings. The molecule has 1 aliphatic carbocycles. The smallest absolute Gasteiger partial charge is 0.329 e. The number of carboxylic acids is 1. The summed E-state index contributed by atoms with van der Waals surface area (Å²) in [6, 6.07) is 3.90. The fourth-order valence-electron chi connectivity index (χ4n) is 3.72. The normalized spacial score (nSPS) is 23.6. The first-order chi connectivity index (χ1) is 11.3. The van der Waals surface area contributed by atoms with Gasteiger partial charge in [0, 0.05) is 5.56 Å². The number of carbonyl (C=O) groups excluding carboxylic acids is 1. The van der Waals surface area contributed by atoms with Gasteiger partial charge in [-0.05, 0) is 49.8 Å². The Morgan fingerprint density at radius 3 is 2.62 bits per heavy atom. The monoisotopic (exact) mass is 333 g/mol. The van der Waals surface area contributed by atoms with Crippen LogP contribution in [0.15, 0.2) is 12.1 Å². The van der Waals surface area contributed by atoms with Gasteiger partial charge in [0.1, 0.15) is 11.3 Å². The van der Waals surface area contributed by atoms with Crippen LogP contribution in [0, 0.1) is 19.8 Å². The van der Waals surface area contributed by atoms with E-state index in [4.69, 9.17) is 4.74 Å². The lowest BCUT2D eigenvalue weighted by atomic mass is 9.73. The predicted molar refractivity (Wildman–Crippen MR) is 92.3 cm³/mol. The average Bonchev–Trinajstić information content (AvgIpc) is 2.51. The van der Waals surface area contributed by atoms with E-state index in [1.165, 1.54) is 0 Å². The molecule has 2 atom stereocenters. The van der Waals surface area contributed by atoms with Crippen molar-refractivity contribution in [1.29, 1.82) is 0 Å². The maximum atomic E-state index is 12.6. The number of benzene rings is 1. The topological polar surface area (TPSA) is 75.6 Å². The lowest BCUT2D eigenvalue weighted by Gasteiger charge is -2.39. The molecule has 1 saturated carbocycles. The Labute approximate surface area is 143 Å². The number of hydrogen-bond donors (Lipinski definition) is 2. The molecule has 2 rings (SSSR count). The third-order valence-electron chi connectivity index (χ3n) is 5.18. The summed E-state index contributed by atoms with van der Waals surface area (Å²) in [5, 5.41) is 12.6. The second-order valence-corrected chi connectivity index (χ2v) is 6.91. The van der Waals surface area contributed by atoms with Crippen molar-refractivity contribution < 1.29 is 19.4 Å². The van der Waals surface area contributed by atoms with Crippen molar-refractivity contribution in [1.82, 2.24) is 5.32 Å². The number of ether oxygens (including phenoxy) is 1. The number of amides is 1. The van der Waals surface area contributed by atoms with Crippen LogP contribution in [0.4, 0.5) is 0 Å². The van der Waals surface area contributed by atoms with E-state index < -0.39 is 11.5 Å². The van der Waals surface area contributed by atoms with E-state index in [2.05, 4.69) is 5.32 Å². The Morgan fingerprint density at radius 1 is 1.33 bits per heavy atom. The van der Waals surface area contributed by atoms with E-state index in [0.29, 0.717) is 12.2 Å². The zero-order valence-electron chi connectivity index (χ0n) is 14.9. The highest BCUT2D eigenvalue weighted by molar-refractivity contribution is 5.88. The first-order valence-electron chi connectivity index (χ1n) is 8.48. The number of carboxylic acid groups (broad SMARTS) is 1. The molecule has 5 nitrogen and oxygen atoms in total. The minimum Gasteiger partial charge on any atom is -0.496 e. The Hall–Kier alpha value is -2.04. The molecule has 0 aliphatic heterocycles. The van der Waals surface area contributed by atoms with Gasteiger partial charge in [0.05, 0.1) is 13.5 Å². The highest BCUT2D eigenvalue weighted by Gasteiger charge is 2.46. The van der Waals surface area contributed by atoms with Gasteiger partial charge in [-0.1, -0.05) is 25.8 Å². The minimum absolute atomic E-state index is 0.0753. The molecule has 0 aromatic heterocycles. The van der Waals surface area contributed by atoms with Crippen molar-refractivity contribution >= 4 is 11.9 Å². The van der Waals surface area contributed by atoms with Crippen LogP contribution in [-0.4, -0.2) is 29.6 Å². The maximum Gasteiger partial charge on any atom is 0.329 e. The number of nitrogens with one attached hydrogen (secondary N) is 1. The van der Waals surface area contributed by atoms with E-state index in [-0.39, 0.29) is 18.2 Å². The van der Waals surface area contributed by atoms with Crippen LogP contribution >= 0.6 is 0 Å². The fraction of sp³-hybridized carbons (Fsp3) is 0.579. The summed E-state index contributed by atoms with van der Waals surface area (Å²) >= 11 is 0. The van der Waals surface area contributed by atoms with Crippen LogP contribution in [-0.2, 0) is 16.0 Å². The molecule has 1 amide bonds. The number of carbonyl (C=O) groups is 2. The van der Waals surface area contributed by atoms with Crippen LogP contribution in [0.1, 0.15) is 49.3 Å². The molecule has 132 valence electrons. The Kier molecular flexibility index (Phi) is 5.52. The standard InChI is InChI=1S/C19H27NO4/c1-12-9-13(2)15(16(10-12)24-4)11-17(21)20-19(18(22)23)8-6-5-7-14(19)3/h9-10,14H,5-8,11H2,1-4H3,(H,20,21)(H,22,23). The summed E-state index contributed by atoms with van der Waals surface area (Å²) in [5.74, 6) is -0.607. The van der Waals surface area contributed by atoms with Crippen LogP contribution < -0.4 is 10.1 Å². The van der Waals surface area contributed by atoms with Crippen LogP contribution in [0.2, 0.25) is 0 Å². The molecule has 2 unspecified atom stereocenters. The van der Waals surface area contributed by atoms with Crippen molar-refractivity contribution in [3.8, 4) is 5.75 Å². The second-order valence-electron chi connectivity index (χ2n) is 6.91. The summed E-state index contributed by atoms with van der Waals surface area (Å²) in [7, 11) is 1.58. The summed E-state index contributed by atoms with van der Waals surface area (Å²) in [6.45, 7) is 5.82. The van der Waals surface area contributed by atoms with Crippen LogP contribution in [0.25, 0.3) is 0 Å². The molecule has 1 aromatic rings. The maximum absolute atomic E-state index is 12.6. The number of rotatable bonds is 5. The van der Waals surface area contributed by atoms with Gasteiger partial charge in [0.25, 0.3) is 0 Å². The summed E-state index contributed by atoms with van der Waals surface area (Å²) < 4.78 is 5.40. The predicted octanol–water partition coefficient (Wildman–Crippen LogP) is 3.00. The molecule has 0 spiro atoms. The first-order valence-corrected chi connectivity index (χ1v) is 8.48. The number of hydrogen-bond acceptors (Lipinski definition) is 3. The van der Waals surface area contributed by atoms with Crippen molar-refractivity contribution in [2.24, 2.45) is 5.92 Å². The summed E-state index contributed by atoms with van der Waals surface area (Å²) in [4.78, 5) is 24.5. The van der Waals surface area contributed by atoms with E-state index in [1.807, 2.05) is 32.9 Å². The van der Waals surface area contributed by atoms with Crippen LogP contribution in [0.5, 0.6) is 5.75 Å². The molecule has 24 heavy (non-hydrogen) atoms. The molecule has 0 bridgehead atoms. The van der Waals surface area contributed by atoms with E-state index in [1.54, 1.807) is 7.11 Å². The van der Waals surface area contributed by atoms with Gasteiger partial charge in [-0.25, -0.2) is 4.79 Å². The van der Waals surface area contributed by atoms with Gasteiger partial charge in [-0.3, -0.25) is 4.79 Å². The Morgan fingerprint density at radius 2 is 2.04 bits per heavy atom. The zero-order valence-corrected chi connectivity index (χ0v) is 14.9. The van der Waals surface area contributed by atoms with Gasteiger partial charge < -0.3 is 15.2 Å². The van der Waals surface area contributed by atoms with Gasteiger partial charge in [-0.15, -0.1) is 0 Å². The van der Waals surface area contributed by atoms with Crippen LogP contribution in [0.3, 0.4) is 0 Å². The molecule has 5 heteroatoms. The largest absolute Gasteiger partial charge is 0.496 e. The van der Waals surface area contributed by atoms with Gasteiger partial charge in [-0.2, -0.15) is 0 Å². The highest BCUT2D eigenvalue weighted by atomic mass is 16.5. The molecule has 1 aromatic carbocycles. The summed E-state index contributed by atoms with van der Waals surface area (Å²) in [5.41, 5.74) is 1.70. The van der Waals surface area contributed by atoms with Gasteiger partial charge in [0.15, 0.2) is 0 Å². The summed E-state index contributed by atoms with van der Waals surface area (Å²) in [6.07, 6.45) is 3.26. The molecule has 1 aliphatic rings. The van der Waals surface area contributed by atoms with Gasteiger partial charge >= 0.3 is 5.97 Å². The van der Waals surface area contributed by atoms with Crippen molar-refractivity contribution in [3.63, 3.8) is 0 Å². The van der Waals surface area contributed by atoms with Crippen molar-refractivity contribution in [2.75, 3.05) is 7.11 Å². The third kappa shape index (κ3) is 3.55. The fourth-order valence-corrected chi connectivity index (χ4v) is 3.72. The number of aliphatic carboxylic acids is 1. The minimum atomic E-state index is -1.15. The first kappa shape index (κ1) is 18.3. The second kappa shape index (κ2) is 7.24. The molecule has 0 saturated heterocycles. The molecule has 0 radical (unpaired) electrons. The van der Waals surface area contributed by atoms with E-state index in [0.717, 1.165) is 36.0 Å². The number of aryl methyl sites for hydroxylation is 2. The average molecular weight is 333 g/mol. The lowest BCUT2D eigenvalue weighted by Crippen LogP contribution is -2.60. The zero-order chi connectivity index (χ0) is 17.9. The van der Waals surface area contributed by atoms with Crippen molar-refractivity contribution in [3.05, 3.63) is 28.8 Å². The molecule has 0 heterocycles. The molecular weight excluding hydrogens is 306 g/mol. The molecular formula is C19H27NO4. The number of methoxy groups -OCH3 is 1.